The van der Waals surface area contributed by atoms with Crippen LogP contribution in [0.1, 0.15) is 12.6 Å². The maximum Gasteiger partial charge on any atom is 0.337 e. The lowest BCUT2D eigenvalue weighted by Crippen LogP contribution is -2.17. The highest BCUT2D eigenvalue weighted by atomic mass is 16.5. The first kappa shape index (κ1) is 12.9. The minimum absolute atomic E-state index is 0.250. The number of anilines is 1. The lowest BCUT2D eigenvalue weighted by molar-refractivity contribution is -0.136. The van der Waals surface area contributed by atoms with Crippen LogP contribution in [-0.4, -0.2) is 23.3 Å². The van der Waals surface area contributed by atoms with Gasteiger partial charge in [0.2, 0.25) is 0 Å². The van der Waals surface area contributed by atoms with E-state index in [1.165, 1.54) is 7.11 Å². The molecular weight excluding hydrogens is 244 g/mol. The summed E-state index contributed by atoms with van der Waals surface area (Å²) in [4.78, 5) is 11.4. The normalized spacial score (nSPS) is 12.2. The summed E-state index contributed by atoms with van der Waals surface area (Å²) in [5.74, 6) is -0.213. The fourth-order valence-corrected chi connectivity index (χ4v) is 1.77. The molecule has 0 amide bonds. The Balaban J connectivity index is 2.39. The van der Waals surface area contributed by atoms with Crippen LogP contribution in [0.25, 0.3) is 10.9 Å². The number of carbonyl (C=O) groups is 1. The number of nitrogens with zero attached hydrogens (tertiary/aromatic N) is 1. The summed E-state index contributed by atoms with van der Waals surface area (Å²) >= 11 is 0. The highest BCUT2D eigenvalue weighted by molar-refractivity contribution is 5.94. The van der Waals surface area contributed by atoms with Crippen LogP contribution in [0.5, 0.6) is 0 Å². The van der Waals surface area contributed by atoms with Gasteiger partial charge in [-0.1, -0.05) is 12.1 Å². The van der Waals surface area contributed by atoms with Crippen molar-refractivity contribution in [3.8, 4) is 0 Å². The smallest absolute Gasteiger partial charge is 0.337 e. The number of esters is 1. The Labute approximate surface area is 110 Å². The number of aryl methyl sites for hydroxylation is 1. The topological polar surface area (TPSA) is 93.0 Å². The van der Waals surface area contributed by atoms with Gasteiger partial charge in [0.1, 0.15) is 11.3 Å². The first-order valence-corrected chi connectivity index (χ1v) is 5.80. The molecule has 1 heterocycles. The third-order valence-electron chi connectivity index (χ3n) is 2.94. The molecule has 0 saturated carbocycles. The summed E-state index contributed by atoms with van der Waals surface area (Å²) in [6, 6.07) is 5.71. The summed E-state index contributed by atoms with van der Waals surface area (Å²) in [7, 11) is 1.32. The average molecular weight is 260 g/mol. The van der Waals surface area contributed by atoms with E-state index in [0.717, 1.165) is 22.3 Å². The number of benzene rings is 1. The fourth-order valence-electron chi connectivity index (χ4n) is 1.77. The lowest BCUT2D eigenvalue weighted by atomic mass is 10.2. The molecule has 2 aromatic rings. The van der Waals surface area contributed by atoms with Crippen LogP contribution < -0.4 is 11.1 Å². The molecule has 0 unspecified atom stereocenters. The number of H-pyrrole nitrogens is 1. The van der Waals surface area contributed by atoms with E-state index in [1.807, 2.05) is 25.1 Å². The van der Waals surface area contributed by atoms with E-state index in [4.69, 9.17) is 5.73 Å². The zero-order valence-electron chi connectivity index (χ0n) is 11.1. The van der Waals surface area contributed by atoms with Crippen LogP contribution in [0.15, 0.2) is 29.6 Å². The van der Waals surface area contributed by atoms with Crippen LogP contribution in [0.3, 0.4) is 0 Å². The second-order valence-electron chi connectivity index (χ2n) is 4.21. The molecule has 100 valence electrons. The van der Waals surface area contributed by atoms with Crippen molar-refractivity contribution in [1.82, 2.24) is 10.2 Å². The van der Waals surface area contributed by atoms with Crippen LogP contribution in [0, 0.1) is 6.92 Å². The number of hydrogen-bond donors (Lipinski definition) is 3. The molecule has 6 nitrogen and oxygen atoms in total. The molecule has 0 aliphatic rings. The molecule has 4 N–H and O–H groups in total. The highest BCUT2D eigenvalue weighted by Crippen LogP contribution is 2.24. The Hall–Kier alpha value is -2.50. The maximum absolute atomic E-state index is 11.4. The van der Waals surface area contributed by atoms with Crippen molar-refractivity contribution in [3.63, 3.8) is 0 Å². The Morgan fingerprint density at radius 3 is 2.89 bits per heavy atom. The van der Waals surface area contributed by atoms with Gasteiger partial charge in [0.25, 0.3) is 0 Å². The molecule has 19 heavy (non-hydrogen) atoms. The molecule has 1 aromatic carbocycles. The van der Waals surface area contributed by atoms with Gasteiger partial charge in [0.15, 0.2) is 0 Å². The van der Waals surface area contributed by atoms with Crippen LogP contribution in [-0.2, 0) is 9.53 Å². The summed E-state index contributed by atoms with van der Waals surface area (Å²) in [6.07, 6.45) is 0. The predicted molar refractivity (Wildman–Crippen MR) is 73.4 cm³/mol. The van der Waals surface area contributed by atoms with E-state index in [0.29, 0.717) is 5.57 Å². The van der Waals surface area contributed by atoms with Crippen LogP contribution in [0.4, 0.5) is 5.69 Å². The van der Waals surface area contributed by atoms with Gasteiger partial charge in [0.05, 0.1) is 18.4 Å². The van der Waals surface area contributed by atoms with Gasteiger partial charge < -0.3 is 15.8 Å². The minimum Gasteiger partial charge on any atom is -0.466 e. The summed E-state index contributed by atoms with van der Waals surface area (Å²) in [6.45, 7) is 3.54. The molecular formula is C13H16N4O2. The Bertz CT molecular complexity index is 658. The largest absolute Gasteiger partial charge is 0.466 e. The second-order valence-corrected chi connectivity index (χ2v) is 4.21. The summed E-state index contributed by atoms with van der Waals surface area (Å²) in [5.41, 5.74) is 8.67. The van der Waals surface area contributed by atoms with Gasteiger partial charge in [-0.15, -0.1) is 0 Å². The Morgan fingerprint density at radius 2 is 2.21 bits per heavy atom. The van der Waals surface area contributed by atoms with Crippen molar-refractivity contribution < 1.29 is 9.53 Å². The number of nitrogens with two attached hydrogens (primary N) is 1. The molecule has 2 rings (SSSR count). The number of nitrogens with one attached hydrogen (secondary N) is 2. The Morgan fingerprint density at radius 1 is 1.47 bits per heavy atom. The van der Waals surface area contributed by atoms with Crippen molar-refractivity contribution in [2.24, 2.45) is 5.73 Å². The summed E-state index contributed by atoms with van der Waals surface area (Å²) in [5, 5.41) is 11.1. The predicted octanol–water partition coefficient (Wildman–Crippen LogP) is 1.65. The first-order chi connectivity index (χ1) is 9.04. The van der Waals surface area contributed by atoms with E-state index in [-0.39, 0.29) is 5.82 Å². The number of hydrogen-bond acceptors (Lipinski definition) is 5. The van der Waals surface area contributed by atoms with Gasteiger partial charge in [-0.3, -0.25) is 5.10 Å². The number of ether oxygens (including phenoxy) is 1. The zero-order valence-corrected chi connectivity index (χ0v) is 11.1. The Kier molecular flexibility index (Phi) is 3.41. The molecule has 0 fully saturated rings. The molecule has 0 aliphatic carbocycles. The zero-order chi connectivity index (χ0) is 14.0. The second kappa shape index (κ2) is 5.01. The molecule has 6 heteroatoms. The molecule has 0 radical (unpaired) electrons. The number of carbonyl (C=O) groups excluding carboxylic acids is 1. The maximum atomic E-state index is 11.4. The van der Waals surface area contributed by atoms with Crippen molar-refractivity contribution in [2.75, 3.05) is 12.4 Å². The van der Waals surface area contributed by atoms with Crippen LogP contribution in [0.2, 0.25) is 0 Å². The fraction of sp³-hybridized carbons (Fsp3) is 0.231. The number of rotatable bonds is 3. The van der Waals surface area contributed by atoms with E-state index < -0.39 is 5.97 Å². The summed E-state index contributed by atoms with van der Waals surface area (Å²) < 4.78 is 4.62. The number of aromatic amines is 1. The van der Waals surface area contributed by atoms with Crippen LogP contribution >= 0.6 is 0 Å². The first-order valence-electron chi connectivity index (χ1n) is 5.80. The highest BCUT2D eigenvalue weighted by Gasteiger charge is 2.11. The van der Waals surface area contributed by atoms with Crippen molar-refractivity contribution >= 4 is 22.6 Å². The van der Waals surface area contributed by atoms with E-state index in [1.54, 1.807) is 6.92 Å². The van der Waals surface area contributed by atoms with Crippen molar-refractivity contribution in [3.05, 3.63) is 35.3 Å². The minimum atomic E-state index is -0.463. The van der Waals surface area contributed by atoms with Gasteiger partial charge in [0, 0.05) is 11.1 Å². The molecule has 0 spiro atoms. The number of methoxy groups -OCH3 is 1. The van der Waals surface area contributed by atoms with Gasteiger partial charge in [-0.05, 0) is 19.9 Å². The lowest BCUT2D eigenvalue weighted by Gasteiger charge is -2.09. The van der Waals surface area contributed by atoms with E-state index in [2.05, 4.69) is 20.3 Å². The number of aromatic nitrogens is 2. The van der Waals surface area contributed by atoms with Crippen molar-refractivity contribution in [1.29, 1.82) is 0 Å². The molecule has 0 saturated heterocycles. The number of fused-ring (bicyclic) bond motifs is 1. The molecule has 0 aliphatic heterocycles. The standard InChI is InChI=1S/C13H16N4O2/c1-7(13(18)19-3)12(14)15-10-6-4-5-9-8(2)16-17-11(9)10/h4-6,15H,14H2,1-3H3,(H,16,17)/b12-7+. The average Bonchev–Trinajstić information content (AvgIpc) is 2.80. The van der Waals surface area contributed by atoms with Gasteiger partial charge in [-0.25, -0.2) is 4.79 Å². The van der Waals surface area contributed by atoms with E-state index >= 15 is 0 Å². The van der Waals surface area contributed by atoms with E-state index in [9.17, 15) is 4.79 Å². The molecule has 0 bridgehead atoms. The van der Waals surface area contributed by atoms with Gasteiger partial charge >= 0.3 is 5.97 Å². The third kappa shape index (κ3) is 2.37. The monoisotopic (exact) mass is 260 g/mol. The molecule has 1 aromatic heterocycles. The SMILES string of the molecule is COC(=O)/C(C)=C(\N)Nc1cccc2c(C)[nH]nc12. The quantitative estimate of drug-likeness (QED) is 0.576. The number of para-hydroxylation sites is 1. The third-order valence-corrected chi connectivity index (χ3v) is 2.94. The van der Waals surface area contributed by atoms with Crippen molar-refractivity contribution in [2.45, 2.75) is 13.8 Å². The molecule has 0 atom stereocenters. The van der Waals surface area contributed by atoms with Gasteiger partial charge in [-0.2, -0.15) is 5.10 Å².